The van der Waals surface area contributed by atoms with Gasteiger partial charge in [-0.15, -0.1) is 0 Å². The molecular formula is C13H21N7. The van der Waals surface area contributed by atoms with E-state index < -0.39 is 0 Å². The fourth-order valence-corrected chi connectivity index (χ4v) is 1.85. The quantitative estimate of drug-likeness (QED) is 0.566. The Labute approximate surface area is 118 Å². The van der Waals surface area contributed by atoms with Crippen molar-refractivity contribution in [3.8, 4) is 0 Å². The van der Waals surface area contributed by atoms with Gasteiger partial charge in [0.05, 0.1) is 12.2 Å². The number of hydrogen-bond acceptors (Lipinski definition) is 6. The zero-order valence-electron chi connectivity index (χ0n) is 12.3. The highest BCUT2D eigenvalue weighted by Crippen LogP contribution is 2.22. The second kappa shape index (κ2) is 5.87. The monoisotopic (exact) mass is 275 g/mol. The third kappa shape index (κ3) is 2.88. The summed E-state index contributed by atoms with van der Waals surface area (Å²) in [5, 5.41) is 7.46. The molecule has 2 rings (SSSR count). The predicted octanol–water partition coefficient (Wildman–Crippen LogP) is 1.54. The molecule has 0 fully saturated rings. The second-order valence-electron chi connectivity index (χ2n) is 5.00. The van der Waals surface area contributed by atoms with Gasteiger partial charge in [-0.3, -0.25) is 4.68 Å². The van der Waals surface area contributed by atoms with E-state index in [9.17, 15) is 0 Å². The second-order valence-corrected chi connectivity index (χ2v) is 5.00. The first-order chi connectivity index (χ1) is 9.52. The smallest absolute Gasteiger partial charge is 0.148 e. The molecule has 0 unspecified atom stereocenters. The van der Waals surface area contributed by atoms with Crippen LogP contribution >= 0.6 is 0 Å². The average Bonchev–Trinajstić information content (AvgIpc) is 2.83. The summed E-state index contributed by atoms with van der Waals surface area (Å²) >= 11 is 0. The van der Waals surface area contributed by atoms with Crippen LogP contribution in [0.15, 0.2) is 12.3 Å². The van der Waals surface area contributed by atoms with Crippen LogP contribution in [0.5, 0.6) is 0 Å². The van der Waals surface area contributed by atoms with E-state index in [0.29, 0.717) is 12.4 Å². The molecule has 0 aliphatic rings. The van der Waals surface area contributed by atoms with Crippen molar-refractivity contribution in [3.05, 3.63) is 29.3 Å². The van der Waals surface area contributed by atoms with Crippen LogP contribution in [0.4, 0.5) is 11.6 Å². The van der Waals surface area contributed by atoms with Gasteiger partial charge in [-0.25, -0.2) is 15.8 Å². The summed E-state index contributed by atoms with van der Waals surface area (Å²) in [6.45, 7) is 6.69. The number of hydrazine groups is 1. The lowest BCUT2D eigenvalue weighted by Gasteiger charge is -2.15. The number of rotatable bonds is 5. The molecule has 2 aromatic rings. The van der Waals surface area contributed by atoms with E-state index in [1.54, 1.807) is 6.20 Å². The van der Waals surface area contributed by atoms with Gasteiger partial charge >= 0.3 is 0 Å². The minimum atomic E-state index is 0.236. The summed E-state index contributed by atoms with van der Waals surface area (Å²) in [6, 6.07) is 1.97. The van der Waals surface area contributed by atoms with E-state index in [0.717, 1.165) is 22.9 Å². The zero-order chi connectivity index (χ0) is 14.7. The molecule has 0 spiro atoms. The lowest BCUT2D eigenvalue weighted by Crippen LogP contribution is -2.16. The molecule has 0 atom stereocenters. The standard InChI is InChI=1S/C13H21N7/c1-8(2)11-17-12(9(3)13(18-11)19-14)15-7-10-5-6-16-20(10)4/h5-6,8H,7,14H2,1-4H3,(H2,15,17,18,19). The van der Waals surface area contributed by atoms with Crippen LogP contribution in [0.2, 0.25) is 0 Å². The summed E-state index contributed by atoms with van der Waals surface area (Å²) in [4.78, 5) is 8.97. The van der Waals surface area contributed by atoms with Crippen molar-refractivity contribution < 1.29 is 0 Å². The van der Waals surface area contributed by atoms with Crippen molar-refractivity contribution in [3.63, 3.8) is 0 Å². The maximum Gasteiger partial charge on any atom is 0.148 e. The van der Waals surface area contributed by atoms with Gasteiger partial charge in [0, 0.05) is 24.7 Å². The van der Waals surface area contributed by atoms with Gasteiger partial charge < -0.3 is 10.7 Å². The van der Waals surface area contributed by atoms with E-state index in [4.69, 9.17) is 5.84 Å². The zero-order valence-corrected chi connectivity index (χ0v) is 12.3. The number of anilines is 2. The molecule has 0 aromatic carbocycles. The van der Waals surface area contributed by atoms with E-state index in [1.807, 2.05) is 24.7 Å². The Bertz CT molecular complexity index is 588. The lowest BCUT2D eigenvalue weighted by atomic mass is 10.2. The Morgan fingerprint density at radius 3 is 2.55 bits per heavy atom. The third-order valence-electron chi connectivity index (χ3n) is 3.18. The molecule has 0 radical (unpaired) electrons. The molecular weight excluding hydrogens is 254 g/mol. The highest BCUT2D eigenvalue weighted by atomic mass is 15.3. The molecule has 20 heavy (non-hydrogen) atoms. The van der Waals surface area contributed by atoms with Gasteiger partial charge in [0.25, 0.3) is 0 Å². The SMILES string of the molecule is Cc1c(NN)nc(C(C)C)nc1NCc1ccnn1C. The minimum Gasteiger partial charge on any atom is -0.364 e. The van der Waals surface area contributed by atoms with Crippen LogP contribution in [0.3, 0.4) is 0 Å². The van der Waals surface area contributed by atoms with Crippen LogP contribution in [0, 0.1) is 6.92 Å². The summed E-state index contributed by atoms with van der Waals surface area (Å²) < 4.78 is 1.83. The average molecular weight is 275 g/mol. The number of aryl methyl sites for hydroxylation is 1. The minimum absolute atomic E-state index is 0.236. The molecule has 0 aliphatic heterocycles. The first kappa shape index (κ1) is 14.3. The number of hydrogen-bond donors (Lipinski definition) is 3. The molecule has 2 aromatic heterocycles. The molecule has 7 heteroatoms. The molecule has 7 nitrogen and oxygen atoms in total. The largest absolute Gasteiger partial charge is 0.364 e. The van der Waals surface area contributed by atoms with Gasteiger partial charge in [-0.1, -0.05) is 13.8 Å². The van der Waals surface area contributed by atoms with Crippen molar-refractivity contribution in [2.75, 3.05) is 10.7 Å². The maximum absolute atomic E-state index is 5.52. The summed E-state index contributed by atoms with van der Waals surface area (Å²) in [7, 11) is 1.91. The van der Waals surface area contributed by atoms with E-state index >= 15 is 0 Å². The number of nitrogen functional groups attached to an aromatic ring is 1. The van der Waals surface area contributed by atoms with Crippen LogP contribution in [-0.4, -0.2) is 19.7 Å². The highest BCUT2D eigenvalue weighted by molar-refractivity contribution is 5.56. The molecule has 4 N–H and O–H groups in total. The fraction of sp³-hybridized carbons (Fsp3) is 0.462. The van der Waals surface area contributed by atoms with Gasteiger partial charge in [-0.05, 0) is 13.0 Å². The van der Waals surface area contributed by atoms with Crippen molar-refractivity contribution in [1.29, 1.82) is 0 Å². The van der Waals surface area contributed by atoms with Gasteiger partial charge in [0.1, 0.15) is 17.5 Å². The van der Waals surface area contributed by atoms with Crippen LogP contribution in [0.25, 0.3) is 0 Å². The molecule has 0 saturated carbocycles. The molecule has 108 valence electrons. The van der Waals surface area contributed by atoms with Crippen molar-refractivity contribution in [1.82, 2.24) is 19.7 Å². The number of nitrogens with zero attached hydrogens (tertiary/aromatic N) is 4. The van der Waals surface area contributed by atoms with Crippen molar-refractivity contribution in [2.24, 2.45) is 12.9 Å². The van der Waals surface area contributed by atoms with E-state index in [1.165, 1.54) is 0 Å². The Kier molecular flexibility index (Phi) is 4.19. The van der Waals surface area contributed by atoms with Crippen molar-refractivity contribution in [2.45, 2.75) is 33.2 Å². The highest BCUT2D eigenvalue weighted by Gasteiger charge is 2.12. The van der Waals surface area contributed by atoms with Gasteiger partial charge in [-0.2, -0.15) is 5.10 Å². The van der Waals surface area contributed by atoms with E-state index in [2.05, 4.69) is 39.7 Å². The Hall–Kier alpha value is -2.15. The molecule has 0 amide bonds. The van der Waals surface area contributed by atoms with Crippen LogP contribution in [0.1, 0.15) is 36.8 Å². The van der Waals surface area contributed by atoms with Crippen molar-refractivity contribution >= 4 is 11.6 Å². The number of aromatic nitrogens is 4. The Morgan fingerprint density at radius 1 is 1.30 bits per heavy atom. The molecule has 2 heterocycles. The van der Waals surface area contributed by atoms with Gasteiger partial charge in [0.15, 0.2) is 0 Å². The Morgan fingerprint density at radius 2 is 2.00 bits per heavy atom. The lowest BCUT2D eigenvalue weighted by molar-refractivity contribution is 0.718. The topological polar surface area (TPSA) is 93.7 Å². The summed E-state index contributed by atoms with van der Waals surface area (Å²) in [6.07, 6.45) is 1.77. The summed E-state index contributed by atoms with van der Waals surface area (Å²) in [5.74, 6) is 7.96. The predicted molar refractivity (Wildman–Crippen MR) is 79.2 cm³/mol. The summed E-state index contributed by atoms with van der Waals surface area (Å²) in [5.41, 5.74) is 4.61. The molecule has 0 saturated heterocycles. The van der Waals surface area contributed by atoms with E-state index in [-0.39, 0.29) is 5.92 Å². The molecule has 0 bridgehead atoms. The van der Waals surface area contributed by atoms with Crippen LogP contribution in [-0.2, 0) is 13.6 Å². The number of nitrogens with one attached hydrogen (secondary N) is 2. The van der Waals surface area contributed by atoms with Crippen LogP contribution < -0.4 is 16.6 Å². The fourth-order valence-electron chi connectivity index (χ4n) is 1.85. The van der Waals surface area contributed by atoms with Gasteiger partial charge in [0.2, 0.25) is 0 Å². The maximum atomic E-state index is 5.52. The normalized spacial score (nSPS) is 10.9. The number of nitrogens with two attached hydrogens (primary N) is 1. The first-order valence-electron chi connectivity index (χ1n) is 6.58. The Balaban J connectivity index is 2.26. The molecule has 0 aliphatic carbocycles. The first-order valence-corrected chi connectivity index (χ1v) is 6.58. The third-order valence-corrected chi connectivity index (χ3v) is 3.18.